The van der Waals surface area contributed by atoms with Crippen LogP contribution in [0, 0.1) is 6.92 Å². The second-order valence-corrected chi connectivity index (χ2v) is 5.16. The zero-order valence-corrected chi connectivity index (χ0v) is 11.6. The number of imidazole rings is 1. The van der Waals surface area contributed by atoms with E-state index in [0.717, 1.165) is 39.8 Å². The van der Waals surface area contributed by atoms with Crippen molar-refractivity contribution in [2.45, 2.75) is 20.3 Å². The summed E-state index contributed by atoms with van der Waals surface area (Å²) in [5.74, 6) is 1.06. The first-order chi connectivity index (χ1) is 9.78. The van der Waals surface area contributed by atoms with E-state index in [1.165, 1.54) is 5.56 Å². The molecule has 0 radical (unpaired) electrons. The van der Waals surface area contributed by atoms with Gasteiger partial charge in [0.15, 0.2) is 0 Å². The van der Waals surface area contributed by atoms with Crippen molar-refractivity contribution >= 4 is 27.6 Å². The molecular formula is C17H15N3. The van der Waals surface area contributed by atoms with Crippen molar-refractivity contribution in [3.05, 3.63) is 53.9 Å². The van der Waals surface area contributed by atoms with Crippen molar-refractivity contribution in [1.82, 2.24) is 14.4 Å². The predicted molar refractivity (Wildman–Crippen MR) is 82.1 cm³/mol. The molecule has 2 aromatic carbocycles. The second-order valence-electron chi connectivity index (χ2n) is 5.16. The van der Waals surface area contributed by atoms with Crippen molar-refractivity contribution < 1.29 is 0 Å². The lowest BCUT2D eigenvalue weighted by molar-refractivity contribution is 0.930. The highest BCUT2D eigenvalue weighted by Crippen LogP contribution is 2.25. The molecule has 4 aromatic rings. The molecule has 0 saturated heterocycles. The fourth-order valence-electron chi connectivity index (χ4n) is 2.82. The molecule has 0 saturated carbocycles. The number of aryl methyl sites for hydroxylation is 2. The number of rotatable bonds is 1. The van der Waals surface area contributed by atoms with E-state index in [1.54, 1.807) is 0 Å². The van der Waals surface area contributed by atoms with Gasteiger partial charge in [-0.3, -0.25) is 4.40 Å². The fraction of sp³-hybridized carbons (Fsp3) is 0.176. The second kappa shape index (κ2) is 4.04. The van der Waals surface area contributed by atoms with Gasteiger partial charge in [-0.25, -0.2) is 9.97 Å². The van der Waals surface area contributed by atoms with Gasteiger partial charge in [0.05, 0.1) is 16.6 Å². The first-order valence-corrected chi connectivity index (χ1v) is 6.94. The van der Waals surface area contributed by atoms with Gasteiger partial charge >= 0.3 is 0 Å². The van der Waals surface area contributed by atoms with Crippen LogP contribution in [-0.4, -0.2) is 14.4 Å². The first kappa shape index (κ1) is 11.4. The van der Waals surface area contributed by atoms with Gasteiger partial charge in [-0.15, -0.1) is 0 Å². The van der Waals surface area contributed by atoms with Crippen LogP contribution in [0.25, 0.3) is 27.6 Å². The third-order valence-electron chi connectivity index (χ3n) is 3.78. The average Bonchev–Trinajstić information content (AvgIpc) is 2.86. The fourth-order valence-corrected chi connectivity index (χ4v) is 2.82. The van der Waals surface area contributed by atoms with E-state index >= 15 is 0 Å². The number of para-hydroxylation sites is 2. The van der Waals surface area contributed by atoms with Crippen molar-refractivity contribution in [3.8, 4) is 0 Å². The van der Waals surface area contributed by atoms with Crippen LogP contribution in [0.15, 0.2) is 42.5 Å². The largest absolute Gasteiger partial charge is 0.280 e. The Balaban J connectivity index is 2.32. The maximum atomic E-state index is 4.82. The van der Waals surface area contributed by atoms with Gasteiger partial charge in [0.1, 0.15) is 11.5 Å². The van der Waals surface area contributed by atoms with Crippen LogP contribution in [0.4, 0.5) is 0 Å². The maximum absolute atomic E-state index is 4.82. The van der Waals surface area contributed by atoms with Crippen molar-refractivity contribution in [2.24, 2.45) is 0 Å². The highest BCUT2D eigenvalue weighted by Gasteiger charge is 2.12. The minimum Gasteiger partial charge on any atom is -0.280 e. The van der Waals surface area contributed by atoms with E-state index in [2.05, 4.69) is 54.6 Å². The van der Waals surface area contributed by atoms with Crippen LogP contribution in [0.1, 0.15) is 18.3 Å². The number of benzene rings is 2. The Bertz CT molecular complexity index is 951. The number of fused-ring (bicyclic) bond motifs is 5. The van der Waals surface area contributed by atoms with Crippen LogP contribution in [0.5, 0.6) is 0 Å². The average molecular weight is 261 g/mol. The minimum atomic E-state index is 0.890. The molecule has 2 aromatic heterocycles. The summed E-state index contributed by atoms with van der Waals surface area (Å²) in [5, 5.41) is 1.12. The summed E-state index contributed by atoms with van der Waals surface area (Å²) in [4.78, 5) is 9.62. The molecule has 0 amide bonds. The van der Waals surface area contributed by atoms with E-state index in [0.29, 0.717) is 0 Å². The molecule has 98 valence electrons. The Hall–Kier alpha value is -2.42. The summed E-state index contributed by atoms with van der Waals surface area (Å²) < 4.78 is 2.19. The molecular weight excluding hydrogens is 246 g/mol. The van der Waals surface area contributed by atoms with Gasteiger partial charge in [-0.1, -0.05) is 30.7 Å². The number of aromatic nitrogens is 3. The molecule has 20 heavy (non-hydrogen) atoms. The maximum Gasteiger partial charge on any atom is 0.148 e. The van der Waals surface area contributed by atoms with Crippen LogP contribution in [-0.2, 0) is 6.42 Å². The summed E-state index contributed by atoms with van der Waals surface area (Å²) >= 11 is 0. The van der Waals surface area contributed by atoms with E-state index in [4.69, 9.17) is 9.97 Å². The van der Waals surface area contributed by atoms with Crippen molar-refractivity contribution in [1.29, 1.82) is 0 Å². The lowest BCUT2D eigenvalue weighted by atomic mass is 10.1. The molecule has 0 aliphatic rings. The molecule has 0 spiro atoms. The summed E-state index contributed by atoms with van der Waals surface area (Å²) in [7, 11) is 0. The Kier molecular flexibility index (Phi) is 2.30. The molecule has 2 heterocycles. The molecule has 0 fully saturated rings. The Labute approximate surface area is 116 Å². The minimum absolute atomic E-state index is 0.890. The van der Waals surface area contributed by atoms with Gasteiger partial charge in [-0.2, -0.15) is 0 Å². The zero-order chi connectivity index (χ0) is 13.7. The number of hydrogen-bond donors (Lipinski definition) is 0. The van der Waals surface area contributed by atoms with E-state index in [1.807, 2.05) is 6.07 Å². The summed E-state index contributed by atoms with van der Waals surface area (Å²) in [6.45, 7) is 4.24. The molecule has 3 nitrogen and oxygen atoms in total. The Morgan fingerprint density at radius 3 is 2.70 bits per heavy atom. The standard InChI is InChI=1S/C17H15N3/c1-3-16-18-13-9-8-11(2)10-12(13)17-19-14-6-4-5-7-15(14)20(16)17/h4-10H,3H2,1-2H3. The van der Waals surface area contributed by atoms with Crippen molar-refractivity contribution in [3.63, 3.8) is 0 Å². The molecule has 3 heteroatoms. The third-order valence-corrected chi connectivity index (χ3v) is 3.78. The lowest BCUT2D eigenvalue weighted by Crippen LogP contribution is -2.00. The number of hydrogen-bond acceptors (Lipinski definition) is 2. The van der Waals surface area contributed by atoms with Crippen LogP contribution in [0.2, 0.25) is 0 Å². The lowest BCUT2D eigenvalue weighted by Gasteiger charge is -2.07. The molecule has 0 unspecified atom stereocenters. The Morgan fingerprint density at radius 1 is 1.00 bits per heavy atom. The van der Waals surface area contributed by atoms with E-state index in [9.17, 15) is 0 Å². The first-order valence-electron chi connectivity index (χ1n) is 6.94. The van der Waals surface area contributed by atoms with E-state index in [-0.39, 0.29) is 0 Å². The summed E-state index contributed by atoms with van der Waals surface area (Å²) in [5.41, 5.74) is 5.43. The predicted octanol–water partition coefficient (Wildman–Crippen LogP) is 3.91. The summed E-state index contributed by atoms with van der Waals surface area (Å²) in [6, 6.07) is 14.6. The van der Waals surface area contributed by atoms with Crippen LogP contribution >= 0.6 is 0 Å². The van der Waals surface area contributed by atoms with Gasteiger partial charge in [0.25, 0.3) is 0 Å². The molecule has 0 aliphatic carbocycles. The highest BCUT2D eigenvalue weighted by atomic mass is 15.1. The SMILES string of the molecule is CCc1nc2ccc(C)cc2c2nc3ccccc3n12. The molecule has 0 N–H and O–H groups in total. The number of nitrogens with zero attached hydrogens (tertiary/aromatic N) is 3. The summed E-state index contributed by atoms with van der Waals surface area (Å²) in [6.07, 6.45) is 0.890. The monoisotopic (exact) mass is 261 g/mol. The quantitative estimate of drug-likeness (QED) is 0.520. The smallest absolute Gasteiger partial charge is 0.148 e. The van der Waals surface area contributed by atoms with Crippen molar-refractivity contribution in [2.75, 3.05) is 0 Å². The zero-order valence-electron chi connectivity index (χ0n) is 11.6. The van der Waals surface area contributed by atoms with Gasteiger partial charge in [0, 0.05) is 11.8 Å². The van der Waals surface area contributed by atoms with Gasteiger partial charge in [-0.05, 0) is 31.2 Å². The van der Waals surface area contributed by atoms with Gasteiger partial charge < -0.3 is 0 Å². The highest BCUT2D eigenvalue weighted by molar-refractivity contribution is 5.96. The molecule has 0 atom stereocenters. The van der Waals surface area contributed by atoms with Gasteiger partial charge in [0.2, 0.25) is 0 Å². The van der Waals surface area contributed by atoms with Crippen LogP contribution < -0.4 is 0 Å². The Morgan fingerprint density at radius 2 is 1.85 bits per heavy atom. The molecule has 0 bridgehead atoms. The normalized spacial score (nSPS) is 11.7. The molecule has 0 aliphatic heterocycles. The topological polar surface area (TPSA) is 30.2 Å². The molecule has 4 rings (SSSR count). The van der Waals surface area contributed by atoms with Crippen LogP contribution in [0.3, 0.4) is 0 Å². The third kappa shape index (κ3) is 1.46. The van der Waals surface area contributed by atoms with E-state index < -0.39 is 0 Å².